The van der Waals surface area contributed by atoms with E-state index in [1.54, 1.807) is 36.7 Å². The first kappa shape index (κ1) is 15.5. The van der Waals surface area contributed by atoms with Crippen LogP contribution in [0.2, 0.25) is 10.0 Å². The molecule has 0 fully saturated rings. The lowest BCUT2D eigenvalue weighted by Crippen LogP contribution is -1.76. The van der Waals surface area contributed by atoms with E-state index in [1.807, 2.05) is 36.4 Å². The van der Waals surface area contributed by atoms with E-state index in [-0.39, 0.29) is 0 Å². The standard InChI is InChI=1S/C18H12Cl2N2O/c19-13-1-5-15(6-2-13)21-11-17-9-10-18(23-17)12-22-16-7-3-14(20)4-8-16/h1-12H. The summed E-state index contributed by atoms with van der Waals surface area (Å²) < 4.78 is 5.62. The molecule has 0 N–H and O–H groups in total. The van der Waals surface area contributed by atoms with Gasteiger partial charge < -0.3 is 4.42 Å². The van der Waals surface area contributed by atoms with E-state index >= 15 is 0 Å². The highest BCUT2D eigenvalue weighted by Crippen LogP contribution is 2.18. The number of nitrogens with zero attached hydrogens (tertiary/aromatic N) is 2. The van der Waals surface area contributed by atoms with E-state index in [1.165, 1.54) is 0 Å². The largest absolute Gasteiger partial charge is 0.454 e. The van der Waals surface area contributed by atoms with Crippen molar-refractivity contribution < 1.29 is 4.42 Å². The number of rotatable bonds is 4. The van der Waals surface area contributed by atoms with Crippen LogP contribution in [0.1, 0.15) is 11.5 Å². The predicted octanol–water partition coefficient (Wildman–Crippen LogP) is 6.09. The Labute approximate surface area is 143 Å². The summed E-state index contributed by atoms with van der Waals surface area (Å²) in [6.45, 7) is 0. The summed E-state index contributed by atoms with van der Waals surface area (Å²) in [6.07, 6.45) is 3.31. The van der Waals surface area contributed by atoms with Gasteiger partial charge in [0.25, 0.3) is 0 Å². The summed E-state index contributed by atoms with van der Waals surface area (Å²) in [6, 6.07) is 18.2. The third-order valence-electron chi connectivity index (χ3n) is 2.98. The van der Waals surface area contributed by atoms with Gasteiger partial charge in [0, 0.05) is 10.0 Å². The minimum atomic E-state index is 0.650. The summed E-state index contributed by atoms with van der Waals surface area (Å²) in [5, 5.41) is 1.37. The van der Waals surface area contributed by atoms with Crippen LogP contribution >= 0.6 is 23.2 Å². The van der Waals surface area contributed by atoms with Gasteiger partial charge in [0.1, 0.15) is 11.5 Å². The fourth-order valence-electron chi connectivity index (χ4n) is 1.84. The molecular formula is C18H12Cl2N2O. The molecule has 0 bridgehead atoms. The van der Waals surface area contributed by atoms with Gasteiger partial charge in [-0.3, -0.25) is 9.98 Å². The molecule has 0 atom stereocenters. The molecule has 2 aromatic carbocycles. The smallest absolute Gasteiger partial charge is 0.145 e. The lowest BCUT2D eigenvalue weighted by atomic mass is 10.3. The lowest BCUT2D eigenvalue weighted by molar-refractivity contribution is 0.553. The molecule has 114 valence electrons. The lowest BCUT2D eigenvalue weighted by Gasteiger charge is -1.93. The van der Waals surface area contributed by atoms with Gasteiger partial charge in [-0.25, -0.2) is 0 Å². The van der Waals surface area contributed by atoms with Crippen LogP contribution in [0.4, 0.5) is 11.4 Å². The van der Waals surface area contributed by atoms with Gasteiger partial charge in [0.05, 0.1) is 23.8 Å². The highest BCUT2D eigenvalue weighted by Gasteiger charge is 1.98. The van der Waals surface area contributed by atoms with Crippen LogP contribution in [0.15, 0.2) is 75.1 Å². The molecule has 23 heavy (non-hydrogen) atoms. The highest BCUT2D eigenvalue weighted by molar-refractivity contribution is 6.30. The van der Waals surface area contributed by atoms with Gasteiger partial charge in [-0.1, -0.05) is 23.2 Å². The molecular weight excluding hydrogens is 331 g/mol. The average molecular weight is 343 g/mol. The summed E-state index contributed by atoms with van der Waals surface area (Å²) in [4.78, 5) is 8.64. The number of aliphatic imine (C=N–C) groups is 2. The van der Waals surface area contributed by atoms with Gasteiger partial charge in [0.2, 0.25) is 0 Å². The molecule has 3 rings (SSSR count). The average Bonchev–Trinajstić information content (AvgIpc) is 3.02. The number of halogens is 2. The number of hydrogen-bond acceptors (Lipinski definition) is 3. The molecule has 0 saturated heterocycles. The van der Waals surface area contributed by atoms with Crippen LogP contribution in [0.5, 0.6) is 0 Å². The maximum Gasteiger partial charge on any atom is 0.145 e. The predicted molar refractivity (Wildman–Crippen MR) is 96.1 cm³/mol. The molecule has 5 heteroatoms. The van der Waals surface area contributed by atoms with Crippen molar-refractivity contribution in [2.45, 2.75) is 0 Å². The van der Waals surface area contributed by atoms with E-state index in [9.17, 15) is 0 Å². The van der Waals surface area contributed by atoms with E-state index < -0.39 is 0 Å². The molecule has 0 spiro atoms. The topological polar surface area (TPSA) is 37.9 Å². The number of benzene rings is 2. The molecule has 1 heterocycles. The van der Waals surface area contributed by atoms with Gasteiger partial charge in [0.15, 0.2) is 0 Å². The second-order valence-corrected chi connectivity index (χ2v) is 5.58. The first-order valence-electron chi connectivity index (χ1n) is 6.88. The maximum absolute atomic E-state index is 5.83. The van der Waals surface area contributed by atoms with Crippen LogP contribution in [-0.2, 0) is 0 Å². The molecule has 0 aliphatic heterocycles. The van der Waals surface area contributed by atoms with Crippen molar-refractivity contribution in [3.05, 3.63) is 82.2 Å². The molecule has 3 nitrogen and oxygen atoms in total. The molecule has 0 aliphatic rings. The second kappa shape index (κ2) is 7.27. The quantitative estimate of drug-likeness (QED) is 0.528. The van der Waals surface area contributed by atoms with E-state index in [4.69, 9.17) is 27.6 Å². The Kier molecular flexibility index (Phi) is 4.91. The van der Waals surface area contributed by atoms with Crippen molar-refractivity contribution >= 4 is 47.0 Å². The van der Waals surface area contributed by atoms with E-state index in [2.05, 4.69) is 9.98 Å². The minimum Gasteiger partial charge on any atom is -0.454 e. The van der Waals surface area contributed by atoms with Crippen molar-refractivity contribution in [1.82, 2.24) is 0 Å². The second-order valence-electron chi connectivity index (χ2n) is 4.71. The first-order valence-corrected chi connectivity index (χ1v) is 7.64. The normalized spacial score (nSPS) is 11.6. The Balaban J connectivity index is 1.68. The van der Waals surface area contributed by atoms with E-state index in [0.29, 0.717) is 21.6 Å². The third kappa shape index (κ3) is 4.55. The molecule has 0 unspecified atom stereocenters. The fourth-order valence-corrected chi connectivity index (χ4v) is 2.09. The highest BCUT2D eigenvalue weighted by atomic mass is 35.5. The Morgan fingerprint density at radius 1 is 0.609 bits per heavy atom. The minimum absolute atomic E-state index is 0.650. The zero-order chi connectivity index (χ0) is 16.1. The van der Waals surface area contributed by atoms with Crippen molar-refractivity contribution in [1.29, 1.82) is 0 Å². The SMILES string of the molecule is Clc1ccc(N=Cc2ccc(C=Nc3ccc(Cl)cc3)o2)cc1. The van der Waals surface area contributed by atoms with Gasteiger partial charge in [-0.05, 0) is 60.7 Å². The maximum atomic E-state index is 5.83. The number of furan rings is 1. The molecule has 0 radical (unpaired) electrons. The Bertz CT molecular complexity index is 764. The summed E-state index contributed by atoms with van der Waals surface area (Å²) in [7, 11) is 0. The zero-order valence-electron chi connectivity index (χ0n) is 12.0. The van der Waals surface area contributed by atoms with Gasteiger partial charge >= 0.3 is 0 Å². The first-order chi connectivity index (χ1) is 11.2. The van der Waals surface area contributed by atoms with Crippen molar-refractivity contribution in [3.63, 3.8) is 0 Å². The van der Waals surface area contributed by atoms with Crippen molar-refractivity contribution in [2.75, 3.05) is 0 Å². The Hall–Kier alpha value is -2.36. The summed E-state index contributed by atoms with van der Waals surface area (Å²) in [5.41, 5.74) is 1.62. The van der Waals surface area contributed by atoms with Crippen LogP contribution < -0.4 is 0 Å². The van der Waals surface area contributed by atoms with Crippen molar-refractivity contribution in [2.24, 2.45) is 9.98 Å². The Morgan fingerprint density at radius 2 is 1.00 bits per heavy atom. The monoisotopic (exact) mass is 342 g/mol. The van der Waals surface area contributed by atoms with Gasteiger partial charge in [-0.2, -0.15) is 0 Å². The van der Waals surface area contributed by atoms with Gasteiger partial charge in [-0.15, -0.1) is 0 Å². The molecule has 0 aliphatic carbocycles. The van der Waals surface area contributed by atoms with Crippen LogP contribution in [-0.4, -0.2) is 12.4 Å². The summed E-state index contributed by atoms with van der Waals surface area (Å²) in [5.74, 6) is 1.30. The van der Waals surface area contributed by atoms with Crippen LogP contribution in [0, 0.1) is 0 Å². The molecule has 0 amide bonds. The summed E-state index contributed by atoms with van der Waals surface area (Å²) >= 11 is 11.7. The Morgan fingerprint density at radius 3 is 1.39 bits per heavy atom. The van der Waals surface area contributed by atoms with Crippen LogP contribution in [0.3, 0.4) is 0 Å². The van der Waals surface area contributed by atoms with Crippen molar-refractivity contribution in [3.8, 4) is 0 Å². The molecule has 1 aromatic heterocycles. The third-order valence-corrected chi connectivity index (χ3v) is 3.49. The molecule has 3 aromatic rings. The number of hydrogen-bond donors (Lipinski definition) is 0. The molecule has 0 saturated carbocycles. The van der Waals surface area contributed by atoms with E-state index in [0.717, 1.165) is 11.4 Å². The van der Waals surface area contributed by atoms with Crippen LogP contribution in [0.25, 0.3) is 0 Å². The zero-order valence-corrected chi connectivity index (χ0v) is 13.5. The fraction of sp³-hybridized carbons (Fsp3) is 0.